The number of nitrogens with one attached hydrogen (secondary N) is 1. The Morgan fingerprint density at radius 3 is 2.42 bits per heavy atom. The summed E-state index contributed by atoms with van der Waals surface area (Å²) in [6, 6.07) is 0.573. The molecule has 0 aliphatic heterocycles. The number of methoxy groups -OCH3 is 1. The number of hydrogen-bond acceptors (Lipinski definition) is 9. The van der Waals surface area contributed by atoms with Crippen LogP contribution in [-0.2, 0) is 23.8 Å². The van der Waals surface area contributed by atoms with E-state index in [2.05, 4.69) is 17.2 Å². The van der Waals surface area contributed by atoms with Crippen molar-refractivity contribution in [1.82, 2.24) is 10.3 Å². The normalized spacial score (nSPS) is 16.2. The topological polar surface area (TPSA) is 122 Å². The van der Waals surface area contributed by atoms with Gasteiger partial charge in [0.25, 0.3) is 5.91 Å². The fraction of sp³-hybridized carbons (Fsp3) is 0.692. The van der Waals surface area contributed by atoms with E-state index in [9.17, 15) is 14.4 Å². The molecule has 1 heterocycles. The molecule has 1 aromatic rings. The molecule has 0 radical (unpaired) electrons. The second kappa shape index (κ2) is 14.6. The molecule has 1 saturated carbocycles. The number of carbonyl (C=O) groups is 3. The summed E-state index contributed by atoms with van der Waals surface area (Å²) in [6.07, 6.45) is 7.29. The summed E-state index contributed by atoms with van der Waals surface area (Å²) in [5, 5.41) is 2.59. The predicted octanol–water partition coefficient (Wildman–Crippen LogP) is 3.80. The van der Waals surface area contributed by atoms with Gasteiger partial charge in [-0.15, -0.1) is 0 Å². The van der Waals surface area contributed by atoms with Crippen LogP contribution in [0.3, 0.4) is 0 Å². The Kier molecular flexibility index (Phi) is 11.9. The Labute approximate surface area is 213 Å². The minimum atomic E-state index is -0.935. The lowest BCUT2D eigenvalue weighted by Crippen LogP contribution is -2.41. The van der Waals surface area contributed by atoms with Gasteiger partial charge in [-0.3, -0.25) is 9.59 Å². The van der Waals surface area contributed by atoms with Crippen molar-refractivity contribution < 1.29 is 38.1 Å². The van der Waals surface area contributed by atoms with Crippen molar-refractivity contribution in [3.05, 3.63) is 18.0 Å². The molecule has 10 nitrogen and oxygen atoms in total. The van der Waals surface area contributed by atoms with E-state index in [0.717, 1.165) is 19.3 Å². The number of carbonyl (C=O) groups excluding carboxylic acids is 3. The van der Waals surface area contributed by atoms with Gasteiger partial charge < -0.3 is 29.0 Å². The van der Waals surface area contributed by atoms with Gasteiger partial charge in [0.2, 0.25) is 6.79 Å². The number of rotatable bonds is 14. The molecule has 1 fully saturated rings. The molecule has 0 saturated heterocycles. The minimum Gasteiger partial charge on any atom is -0.493 e. The van der Waals surface area contributed by atoms with E-state index < -0.39 is 30.7 Å². The molecule has 0 bridgehead atoms. The van der Waals surface area contributed by atoms with Crippen molar-refractivity contribution in [2.45, 2.75) is 97.5 Å². The SMILES string of the molecule is CCC(CC(C)OC(=O)[C@H](C)NC(=O)c1nccc(OC)c1OCOC(=O)C(C)C)OC1CCCC1. The molecule has 0 aromatic carbocycles. The molecular formula is C26H40N2O8. The first-order chi connectivity index (χ1) is 17.2. The summed E-state index contributed by atoms with van der Waals surface area (Å²) < 4.78 is 27.5. The molecule has 2 unspecified atom stereocenters. The van der Waals surface area contributed by atoms with Crippen molar-refractivity contribution in [2.24, 2.45) is 5.92 Å². The minimum absolute atomic E-state index is 0.00200. The Bertz CT molecular complexity index is 870. The number of aromatic nitrogens is 1. The van der Waals surface area contributed by atoms with Gasteiger partial charge in [0, 0.05) is 18.7 Å². The van der Waals surface area contributed by atoms with Gasteiger partial charge in [-0.1, -0.05) is 33.6 Å². The maximum atomic E-state index is 12.9. The van der Waals surface area contributed by atoms with Crippen LogP contribution in [-0.4, -0.2) is 61.1 Å². The van der Waals surface area contributed by atoms with Gasteiger partial charge >= 0.3 is 11.9 Å². The van der Waals surface area contributed by atoms with Crippen LogP contribution in [0.4, 0.5) is 0 Å². The molecular weight excluding hydrogens is 468 g/mol. The Balaban J connectivity index is 1.94. The van der Waals surface area contributed by atoms with Crippen molar-refractivity contribution in [2.75, 3.05) is 13.9 Å². The van der Waals surface area contributed by atoms with E-state index in [0.29, 0.717) is 6.42 Å². The zero-order chi connectivity index (χ0) is 26.7. The van der Waals surface area contributed by atoms with Crippen LogP contribution in [0.1, 0.15) is 83.6 Å². The molecule has 1 N–H and O–H groups in total. The highest BCUT2D eigenvalue weighted by atomic mass is 16.7. The van der Waals surface area contributed by atoms with Gasteiger partial charge in [0.05, 0.1) is 25.2 Å². The average molecular weight is 509 g/mol. The third-order valence-electron chi connectivity index (χ3n) is 5.94. The van der Waals surface area contributed by atoms with Gasteiger partial charge in [-0.25, -0.2) is 9.78 Å². The van der Waals surface area contributed by atoms with Crippen LogP contribution in [0.15, 0.2) is 12.3 Å². The molecule has 1 aliphatic rings. The van der Waals surface area contributed by atoms with E-state index >= 15 is 0 Å². The molecule has 1 aliphatic carbocycles. The Morgan fingerprint density at radius 2 is 1.81 bits per heavy atom. The number of esters is 2. The second-order valence-corrected chi connectivity index (χ2v) is 9.32. The summed E-state index contributed by atoms with van der Waals surface area (Å²) in [5.41, 5.74) is -0.112. The highest BCUT2D eigenvalue weighted by Crippen LogP contribution is 2.30. The van der Waals surface area contributed by atoms with Gasteiger partial charge in [0.15, 0.2) is 17.2 Å². The first kappa shape index (κ1) is 29.4. The van der Waals surface area contributed by atoms with E-state index in [1.807, 2.05) is 6.92 Å². The van der Waals surface area contributed by atoms with E-state index in [1.54, 1.807) is 13.8 Å². The maximum Gasteiger partial charge on any atom is 0.328 e. The predicted molar refractivity (Wildman–Crippen MR) is 132 cm³/mol. The largest absolute Gasteiger partial charge is 0.493 e. The van der Waals surface area contributed by atoms with Crippen molar-refractivity contribution >= 4 is 17.8 Å². The van der Waals surface area contributed by atoms with E-state index in [1.165, 1.54) is 39.1 Å². The van der Waals surface area contributed by atoms with Crippen LogP contribution in [0, 0.1) is 5.92 Å². The lowest BCUT2D eigenvalue weighted by atomic mass is 10.1. The van der Waals surface area contributed by atoms with E-state index in [-0.39, 0.29) is 41.4 Å². The average Bonchev–Trinajstić information content (AvgIpc) is 3.36. The molecule has 10 heteroatoms. The van der Waals surface area contributed by atoms with Crippen molar-refractivity contribution in [3.63, 3.8) is 0 Å². The fourth-order valence-corrected chi connectivity index (χ4v) is 3.86. The molecule has 0 spiro atoms. The van der Waals surface area contributed by atoms with Crippen molar-refractivity contribution in [1.29, 1.82) is 0 Å². The number of nitrogens with zero attached hydrogens (tertiary/aromatic N) is 1. The standard InChI is InChI=1S/C26H40N2O8/c1-7-19(36-20-10-8-9-11-20)14-17(4)35-26(31)18(5)28-24(29)22-23(21(32-6)12-13-27-22)33-15-34-25(30)16(2)3/h12-13,16-20H,7-11,14-15H2,1-6H3,(H,28,29)/t17?,18-,19?/m0/s1. The highest BCUT2D eigenvalue weighted by molar-refractivity contribution is 5.98. The third kappa shape index (κ3) is 8.96. The number of ether oxygens (including phenoxy) is 5. The number of amides is 1. The van der Waals surface area contributed by atoms with Gasteiger partial charge in [-0.2, -0.15) is 0 Å². The summed E-state index contributed by atoms with van der Waals surface area (Å²) in [4.78, 5) is 41.3. The quantitative estimate of drug-likeness (QED) is 0.295. The summed E-state index contributed by atoms with van der Waals surface area (Å²) in [6.45, 7) is 8.37. The molecule has 1 amide bonds. The van der Waals surface area contributed by atoms with Gasteiger partial charge in [0.1, 0.15) is 12.1 Å². The molecule has 202 valence electrons. The summed E-state index contributed by atoms with van der Waals surface area (Å²) in [5.74, 6) is -1.78. The van der Waals surface area contributed by atoms with Crippen LogP contribution < -0.4 is 14.8 Å². The smallest absolute Gasteiger partial charge is 0.328 e. The Hall–Kier alpha value is -2.88. The molecule has 36 heavy (non-hydrogen) atoms. The van der Waals surface area contributed by atoms with Gasteiger partial charge in [-0.05, 0) is 33.1 Å². The molecule has 3 atom stereocenters. The highest BCUT2D eigenvalue weighted by Gasteiger charge is 2.27. The van der Waals surface area contributed by atoms with Crippen LogP contribution >= 0.6 is 0 Å². The second-order valence-electron chi connectivity index (χ2n) is 9.32. The molecule has 2 rings (SSSR count). The first-order valence-corrected chi connectivity index (χ1v) is 12.6. The maximum absolute atomic E-state index is 12.9. The molecule has 1 aromatic heterocycles. The van der Waals surface area contributed by atoms with Crippen LogP contribution in [0.25, 0.3) is 0 Å². The van der Waals surface area contributed by atoms with E-state index in [4.69, 9.17) is 23.7 Å². The van der Waals surface area contributed by atoms with Crippen LogP contribution in [0.5, 0.6) is 11.5 Å². The summed E-state index contributed by atoms with van der Waals surface area (Å²) >= 11 is 0. The lowest BCUT2D eigenvalue weighted by molar-refractivity contribution is -0.154. The lowest BCUT2D eigenvalue weighted by Gasteiger charge is -2.25. The third-order valence-corrected chi connectivity index (χ3v) is 5.94. The monoisotopic (exact) mass is 508 g/mol. The van der Waals surface area contributed by atoms with Crippen molar-refractivity contribution in [3.8, 4) is 11.5 Å². The fourth-order valence-electron chi connectivity index (χ4n) is 3.86. The first-order valence-electron chi connectivity index (χ1n) is 12.6. The number of pyridine rings is 1. The van der Waals surface area contributed by atoms with Crippen LogP contribution in [0.2, 0.25) is 0 Å². The summed E-state index contributed by atoms with van der Waals surface area (Å²) in [7, 11) is 1.41. The zero-order valence-corrected chi connectivity index (χ0v) is 22.2. The Morgan fingerprint density at radius 1 is 1.11 bits per heavy atom. The zero-order valence-electron chi connectivity index (χ0n) is 22.2. The number of hydrogen-bond donors (Lipinski definition) is 1.